The van der Waals surface area contributed by atoms with E-state index >= 15 is 0 Å². The van der Waals surface area contributed by atoms with Crippen molar-refractivity contribution in [1.29, 1.82) is 5.26 Å². The van der Waals surface area contributed by atoms with Crippen molar-refractivity contribution in [2.75, 3.05) is 18.0 Å². The van der Waals surface area contributed by atoms with E-state index in [0.717, 1.165) is 0 Å². The van der Waals surface area contributed by atoms with Gasteiger partial charge in [-0.1, -0.05) is 0 Å². The topological polar surface area (TPSA) is 120 Å². The molecule has 1 fully saturated rings. The average Bonchev–Trinajstić information content (AvgIpc) is 2.47. The van der Waals surface area contributed by atoms with Crippen LogP contribution in [-0.2, 0) is 4.79 Å². The monoisotopic (exact) mass is 290 g/mol. The van der Waals surface area contributed by atoms with E-state index in [1.54, 1.807) is 13.0 Å². The molecule has 2 heterocycles. The number of carboxylic acids is 1. The Balaban J connectivity index is 2.20. The van der Waals surface area contributed by atoms with Crippen LogP contribution in [0.25, 0.3) is 0 Å². The molecule has 0 saturated carbocycles. The van der Waals surface area contributed by atoms with E-state index in [0.29, 0.717) is 31.7 Å². The molecule has 1 aliphatic heterocycles. The third-order valence-electron chi connectivity index (χ3n) is 3.87. The molecule has 0 bridgehead atoms. The van der Waals surface area contributed by atoms with E-state index in [2.05, 4.69) is 4.98 Å². The Kier molecular flexibility index (Phi) is 3.76. The zero-order valence-corrected chi connectivity index (χ0v) is 11.4. The van der Waals surface area contributed by atoms with Crippen molar-refractivity contribution in [3.63, 3.8) is 0 Å². The number of nitriles is 1. The summed E-state index contributed by atoms with van der Waals surface area (Å²) in [6.07, 6.45) is 0.922. The van der Waals surface area contributed by atoms with E-state index in [1.165, 1.54) is 12.1 Å². The Labute approximate surface area is 120 Å². The molecule has 1 aromatic heterocycles. The standard InChI is InChI=1S/C13H14N4O4/c1-13(12(18)19)4-6-16(7-5-13)11-3-2-10(17(20)21)9(8-14)15-11/h2-3H,4-7H2,1H3,(H,18,19). The smallest absolute Gasteiger partial charge is 0.309 e. The lowest BCUT2D eigenvalue weighted by molar-refractivity contribution is -0.385. The highest BCUT2D eigenvalue weighted by atomic mass is 16.6. The number of carboxylic acid groups (broad SMARTS) is 1. The molecule has 0 aromatic carbocycles. The second kappa shape index (κ2) is 5.36. The first-order chi connectivity index (χ1) is 9.87. The van der Waals surface area contributed by atoms with Crippen LogP contribution in [0, 0.1) is 26.9 Å². The number of hydrogen-bond donors (Lipinski definition) is 1. The number of aliphatic carboxylic acids is 1. The lowest BCUT2D eigenvalue weighted by Gasteiger charge is -2.37. The number of rotatable bonds is 3. The van der Waals surface area contributed by atoms with Crippen LogP contribution >= 0.6 is 0 Å². The number of anilines is 1. The van der Waals surface area contributed by atoms with E-state index in [1.807, 2.05) is 4.90 Å². The highest BCUT2D eigenvalue weighted by Gasteiger charge is 2.37. The molecule has 0 unspecified atom stereocenters. The van der Waals surface area contributed by atoms with Crippen LogP contribution in [0.4, 0.5) is 11.5 Å². The SMILES string of the molecule is CC1(C(=O)O)CCN(c2ccc([N+](=O)[O-])c(C#N)n2)CC1. The third-order valence-corrected chi connectivity index (χ3v) is 3.87. The van der Waals surface area contributed by atoms with E-state index in [9.17, 15) is 20.0 Å². The Morgan fingerprint density at radius 3 is 2.62 bits per heavy atom. The summed E-state index contributed by atoms with van der Waals surface area (Å²) >= 11 is 0. The van der Waals surface area contributed by atoms with Gasteiger partial charge in [-0.15, -0.1) is 0 Å². The normalized spacial score (nSPS) is 17.0. The van der Waals surface area contributed by atoms with Crippen LogP contribution < -0.4 is 4.90 Å². The minimum Gasteiger partial charge on any atom is -0.481 e. The summed E-state index contributed by atoms with van der Waals surface area (Å²) in [5, 5.41) is 28.9. The van der Waals surface area contributed by atoms with E-state index < -0.39 is 16.3 Å². The lowest BCUT2D eigenvalue weighted by Crippen LogP contribution is -2.43. The molecule has 8 nitrogen and oxygen atoms in total. The summed E-state index contributed by atoms with van der Waals surface area (Å²) in [6.45, 7) is 2.67. The highest BCUT2D eigenvalue weighted by molar-refractivity contribution is 5.74. The third kappa shape index (κ3) is 2.76. The first kappa shape index (κ1) is 14.7. The summed E-state index contributed by atoms with van der Waals surface area (Å²) < 4.78 is 0. The van der Waals surface area contributed by atoms with Gasteiger partial charge < -0.3 is 10.0 Å². The van der Waals surface area contributed by atoms with Gasteiger partial charge in [0, 0.05) is 19.2 Å². The highest BCUT2D eigenvalue weighted by Crippen LogP contribution is 2.33. The molecule has 2 rings (SSSR count). The fourth-order valence-corrected chi connectivity index (χ4v) is 2.29. The minimum atomic E-state index is -0.823. The Hall–Kier alpha value is -2.69. The van der Waals surface area contributed by atoms with Gasteiger partial charge in [-0.3, -0.25) is 14.9 Å². The molecule has 1 aromatic rings. The number of pyridine rings is 1. The summed E-state index contributed by atoms with van der Waals surface area (Å²) in [6, 6.07) is 4.46. The zero-order chi connectivity index (χ0) is 15.6. The van der Waals surface area contributed by atoms with Crippen LogP contribution in [0.2, 0.25) is 0 Å². The first-order valence-corrected chi connectivity index (χ1v) is 6.41. The number of nitrogens with zero attached hydrogens (tertiary/aromatic N) is 4. The molecular weight excluding hydrogens is 276 g/mol. The second-order valence-electron chi connectivity index (χ2n) is 5.26. The van der Waals surface area contributed by atoms with Gasteiger partial charge in [-0.25, -0.2) is 4.98 Å². The summed E-state index contributed by atoms with van der Waals surface area (Å²) in [7, 11) is 0. The molecular formula is C13H14N4O4. The van der Waals surface area contributed by atoms with E-state index in [-0.39, 0.29) is 11.4 Å². The molecule has 0 amide bonds. The van der Waals surface area contributed by atoms with Crippen molar-refractivity contribution < 1.29 is 14.8 Å². The second-order valence-corrected chi connectivity index (χ2v) is 5.26. The predicted octanol–water partition coefficient (Wildman–Crippen LogP) is 1.55. The lowest BCUT2D eigenvalue weighted by atomic mass is 9.80. The van der Waals surface area contributed by atoms with Gasteiger partial charge in [0.1, 0.15) is 11.9 Å². The molecule has 0 aliphatic carbocycles. The molecule has 110 valence electrons. The molecule has 0 atom stereocenters. The number of hydrogen-bond acceptors (Lipinski definition) is 6. The van der Waals surface area contributed by atoms with Crippen molar-refractivity contribution in [2.24, 2.45) is 5.41 Å². The van der Waals surface area contributed by atoms with E-state index in [4.69, 9.17) is 5.26 Å². The molecule has 1 saturated heterocycles. The molecule has 0 radical (unpaired) electrons. The maximum absolute atomic E-state index is 11.2. The molecule has 1 aliphatic rings. The van der Waals surface area contributed by atoms with Crippen molar-refractivity contribution in [3.05, 3.63) is 27.9 Å². The van der Waals surface area contributed by atoms with Gasteiger partial charge in [-0.05, 0) is 25.8 Å². The summed E-state index contributed by atoms with van der Waals surface area (Å²) in [5.41, 5.74) is -1.31. The number of nitro groups is 1. The fourth-order valence-electron chi connectivity index (χ4n) is 2.29. The number of piperidine rings is 1. The van der Waals surface area contributed by atoms with Crippen molar-refractivity contribution in [2.45, 2.75) is 19.8 Å². The van der Waals surface area contributed by atoms with Gasteiger partial charge >= 0.3 is 11.7 Å². The largest absolute Gasteiger partial charge is 0.481 e. The zero-order valence-electron chi connectivity index (χ0n) is 11.4. The van der Waals surface area contributed by atoms with Crippen molar-refractivity contribution in [1.82, 2.24) is 4.98 Å². The van der Waals surface area contributed by atoms with Crippen LogP contribution in [0.1, 0.15) is 25.5 Å². The quantitative estimate of drug-likeness (QED) is 0.662. The van der Waals surface area contributed by atoms with Gasteiger partial charge in [0.15, 0.2) is 0 Å². The van der Waals surface area contributed by atoms with Crippen LogP contribution in [0.15, 0.2) is 12.1 Å². The maximum atomic E-state index is 11.2. The predicted molar refractivity (Wildman–Crippen MR) is 72.8 cm³/mol. The van der Waals surface area contributed by atoms with Crippen LogP contribution in [0.5, 0.6) is 0 Å². The van der Waals surface area contributed by atoms with Gasteiger partial charge in [0.25, 0.3) is 0 Å². The molecule has 21 heavy (non-hydrogen) atoms. The van der Waals surface area contributed by atoms with Gasteiger partial charge in [0.05, 0.1) is 10.3 Å². The molecule has 8 heteroatoms. The number of aromatic nitrogens is 1. The van der Waals surface area contributed by atoms with Gasteiger partial charge in [0.2, 0.25) is 5.69 Å². The Bertz CT molecular complexity index is 630. The fraction of sp³-hybridized carbons (Fsp3) is 0.462. The van der Waals surface area contributed by atoms with Crippen molar-refractivity contribution >= 4 is 17.5 Å². The first-order valence-electron chi connectivity index (χ1n) is 6.41. The van der Waals surface area contributed by atoms with Crippen LogP contribution in [-0.4, -0.2) is 34.1 Å². The maximum Gasteiger partial charge on any atom is 0.309 e. The average molecular weight is 290 g/mol. The Morgan fingerprint density at radius 1 is 1.52 bits per heavy atom. The van der Waals surface area contributed by atoms with Crippen molar-refractivity contribution in [3.8, 4) is 6.07 Å². The van der Waals surface area contributed by atoms with Gasteiger partial charge in [-0.2, -0.15) is 5.26 Å². The van der Waals surface area contributed by atoms with Crippen LogP contribution in [0.3, 0.4) is 0 Å². The minimum absolute atomic E-state index is 0.232. The number of carbonyl (C=O) groups is 1. The summed E-state index contributed by atoms with van der Waals surface area (Å²) in [5.74, 6) is -0.360. The summed E-state index contributed by atoms with van der Waals surface area (Å²) in [4.78, 5) is 27.2. The molecule has 0 spiro atoms. The molecule has 1 N–H and O–H groups in total. The Morgan fingerprint density at radius 2 is 2.14 bits per heavy atom.